The van der Waals surface area contributed by atoms with Crippen LogP contribution in [-0.2, 0) is 42.7 Å². The summed E-state index contributed by atoms with van der Waals surface area (Å²) in [5, 5.41) is 60.8. The molecule has 73 heavy (non-hydrogen) atoms. The summed E-state index contributed by atoms with van der Waals surface area (Å²) in [5.41, 5.74) is -1.08. The molecule has 0 radical (unpaired) electrons. The van der Waals surface area contributed by atoms with Crippen LogP contribution in [0.4, 0.5) is 29.7 Å². The van der Waals surface area contributed by atoms with Gasteiger partial charge in [-0.25, -0.2) is 18.4 Å². The minimum Gasteiger partial charge on any atom is -0.446 e. The van der Waals surface area contributed by atoms with Crippen molar-refractivity contribution in [3.63, 3.8) is 0 Å². The Hall–Kier alpha value is -3.93. The average molecular weight is 1030 g/mol. The number of benzene rings is 2. The van der Waals surface area contributed by atoms with Crippen LogP contribution >= 0.6 is 0 Å². The van der Waals surface area contributed by atoms with Gasteiger partial charge < -0.3 is 63.4 Å². The quantitative estimate of drug-likeness (QED) is 0.147. The molecule has 4 saturated heterocycles. The average Bonchev–Trinajstić information content (AvgIpc) is 3.82. The Kier molecular flexibility index (Phi) is 14.8. The first-order valence-corrected chi connectivity index (χ1v) is 26.1. The first-order chi connectivity index (χ1) is 34.8. The molecule has 2 aromatic rings. The predicted octanol–water partition coefficient (Wildman–Crippen LogP) is 5.41. The first-order valence-electron chi connectivity index (χ1n) is 26.1. The highest BCUT2D eigenvalue weighted by Gasteiger charge is 2.72. The van der Waals surface area contributed by atoms with Gasteiger partial charge in [-0.2, -0.15) is 0 Å². The number of hydrogen-bond acceptors (Lipinski definition) is 16. The Morgan fingerprint density at radius 2 is 1.41 bits per heavy atom. The highest BCUT2D eigenvalue weighted by molar-refractivity contribution is 5.87. The maximum atomic E-state index is 14.7. The van der Waals surface area contributed by atoms with E-state index in [9.17, 15) is 48.7 Å². The summed E-state index contributed by atoms with van der Waals surface area (Å²) in [6.45, 7) is 8.11. The van der Waals surface area contributed by atoms with Gasteiger partial charge in [-0.3, -0.25) is 15.4 Å². The molecule has 0 aromatic heterocycles. The third kappa shape index (κ3) is 9.48. The fourth-order valence-corrected chi connectivity index (χ4v) is 14.7. The van der Waals surface area contributed by atoms with E-state index >= 15 is 0 Å². The third-order valence-corrected chi connectivity index (χ3v) is 18.7. The van der Waals surface area contributed by atoms with Crippen LogP contribution in [0.5, 0.6) is 0 Å². The van der Waals surface area contributed by atoms with Gasteiger partial charge in [0.25, 0.3) is 0 Å². The van der Waals surface area contributed by atoms with E-state index in [4.69, 9.17) is 37.9 Å². The van der Waals surface area contributed by atoms with Crippen LogP contribution < -0.4 is 10.6 Å². The monoisotopic (exact) mass is 1030 g/mol. The second-order valence-corrected chi connectivity index (χ2v) is 22.6. The molecule has 8 fully saturated rings. The molecule has 4 saturated carbocycles. The van der Waals surface area contributed by atoms with E-state index in [1.807, 2.05) is 0 Å². The van der Waals surface area contributed by atoms with E-state index in [2.05, 4.69) is 38.3 Å². The normalized spacial score (nSPS) is 45.1. The maximum absolute atomic E-state index is 14.7. The Morgan fingerprint density at radius 3 is 2.07 bits per heavy atom. The van der Waals surface area contributed by atoms with Crippen molar-refractivity contribution in [2.24, 2.45) is 52.3 Å². The molecule has 2 aromatic carbocycles. The molecule has 8 aliphatic rings. The molecule has 4 aliphatic carbocycles. The van der Waals surface area contributed by atoms with Crippen LogP contribution in [-0.4, -0.2) is 143 Å². The molecule has 1 unspecified atom stereocenters. The number of Topliss-reactive ketones (excluding diaryl/α,β-unsaturated/α-hetero) is 1. The van der Waals surface area contributed by atoms with Crippen molar-refractivity contribution in [2.45, 2.75) is 165 Å². The number of anilines is 2. The van der Waals surface area contributed by atoms with Crippen LogP contribution in [0.15, 0.2) is 48.5 Å². The lowest BCUT2D eigenvalue weighted by atomic mass is 9.44. The van der Waals surface area contributed by atoms with Crippen molar-refractivity contribution in [3.05, 3.63) is 60.2 Å². The smallest absolute Gasteiger partial charge is 0.412 e. The van der Waals surface area contributed by atoms with E-state index in [0.717, 1.165) is 50.7 Å². The van der Waals surface area contributed by atoms with Crippen molar-refractivity contribution < 1.29 is 86.6 Å². The maximum Gasteiger partial charge on any atom is 0.412 e. The summed E-state index contributed by atoms with van der Waals surface area (Å²) < 4.78 is 77.0. The number of nitrogens with one attached hydrogen (secondary N) is 2. The lowest BCUT2D eigenvalue weighted by Gasteiger charge is -2.60. The Labute approximate surface area is 422 Å². The Balaban J connectivity index is 0.774. The van der Waals surface area contributed by atoms with Crippen molar-refractivity contribution in [2.75, 3.05) is 30.5 Å². The molecule has 10 rings (SSSR count). The summed E-state index contributed by atoms with van der Waals surface area (Å²) in [5.74, 6) is -0.0493. The molecule has 7 N–H and O–H groups in total. The van der Waals surface area contributed by atoms with Crippen LogP contribution in [0, 0.1) is 63.9 Å². The minimum absolute atomic E-state index is 0.000483. The molecule has 1 spiro atoms. The number of halogens is 2. The zero-order valence-electron chi connectivity index (χ0n) is 41.6. The van der Waals surface area contributed by atoms with Crippen molar-refractivity contribution >= 4 is 29.3 Å². The van der Waals surface area contributed by atoms with Gasteiger partial charge in [0.15, 0.2) is 24.5 Å². The summed E-state index contributed by atoms with van der Waals surface area (Å²) in [6, 6.07) is 10.4. The topological polar surface area (TPSA) is 250 Å². The van der Waals surface area contributed by atoms with Crippen molar-refractivity contribution in [3.8, 4) is 0 Å². The number of aliphatic hydroxyl groups excluding tert-OH is 5. The van der Waals surface area contributed by atoms with Gasteiger partial charge in [0.05, 0.1) is 36.8 Å². The van der Waals surface area contributed by atoms with E-state index < -0.39 is 110 Å². The van der Waals surface area contributed by atoms with Gasteiger partial charge in [0.1, 0.15) is 66.8 Å². The van der Waals surface area contributed by atoms with Gasteiger partial charge in [-0.1, -0.05) is 52.0 Å². The number of para-hydroxylation sites is 2. The molecule has 4 aliphatic heterocycles. The molecule has 2 amide bonds. The van der Waals surface area contributed by atoms with Gasteiger partial charge in [0, 0.05) is 30.1 Å². The van der Waals surface area contributed by atoms with Gasteiger partial charge in [-0.15, -0.1) is 0 Å². The zero-order valence-corrected chi connectivity index (χ0v) is 41.6. The molecule has 20 heteroatoms. The number of ketones is 1. The predicted molar refractivity (Wildman–Crippen MR) is 252 cm³/mol. The van der Waals surface area contributed by atoms with Crippen molar-refractivity contribution in [1.29, 1.82) is 0 Å². The number of rotatable bonds is 10. The SMILES string of the molecule is C[C@@H]1CC[C@@]2(OC1)O[C@H]1C[C@H]3[C@@H]4CC[C@H]5C[C@@H](O[C@@H]6O[C@@H](CO)[C@@H](O[C@@H]7O[C@@H](COC(=O)Nc8ccccc8F)[C@@H](OC(=O)Nc8ccccc8F)[C@H](O)C7O)[C@H](O)[C@@H]6O)CC[C@]5(C)[C@H]4CC(=O)[C@]3(C)[C@H]1[C@@H]2C. The fourth-order valence-electron chi connectivity index (χ4n) is 14.7. The molecule has 18 nitrogen and oxygen atoms in total. The van der Waals surface area contributed by atoms with Crippen molar-refractivity contribution in [1.82, 2.24) is 0 Å². The second kappa shape index (κ2) is 20.5. The second-order valence-electron chi connectivity index (χ2n) is 22.6. The largest absolute Gasteiger partial charge is 0.446 e. The number of hydrogen-bond donors (Lipinski definition) is 7. The number of fused-ring (bicyclic) bond motifs is 7. The molecule has 0 bridgehead atoms. The third-order valence-electron chi connectivity index (χ3n) is 18.7. The van der Waals surface area contributed by atoms with Gasteiger partial charge in [0.2, 0.25) is 0 Å². The van der Waals surface area contributed by atoms with Gasteiger partial charge >= 0.3 is 12.2 Å². The van der Waals surface area contributed by atoms with Crippen LogP contribution in [0.3, 0.4) is 0 Å². The summed E-state index contributed by atoms with van der Waals surface area (Å²) in [7, 11) is 0. The molecular weight excluding hydrogens is 959 g/mol. The van der Waals surface area contributed by atoms with Crippen LogP contribution in [0.25, 0.3) is 0 Å². The summed E-state index contributed by atoms with van der Waals surface area (Å²) in [6.07, 6.45) is -12.9. The fraction of sp³-hybridized carbons (Fsp3) is 0.717. The molecule has 402 valence electrons. The number of aliphatic hydroxyl groups is 5. The molecule has 4 heterocycles. The minimum atomic E-state index is -2.04. The van der Waals surface area contributed by atoms with Crippen LogP contribution in [0.2, 0.25) is 0 Å². The van der Waals surface area contributed by atoms with Crippen LogP contribution in [0.1, 0.15) is 85.5 Å². The molecule has 22 atom stereocenters. The first kappa shape index (κ1) is 52.5. The highest BCUT2D eigenvalue weighted by atomic mass is 19.1. The summed E-state index contributed by atoms with van der Waals surface area (Å²) >= 11 is 0. The lowest BCUT2D eigenvalue weighted by molar-refractivity contribution is -0.363. The lowest BCUT2D eigenvalue weighted by Crippen LogP contribution is -2.65. The number of carbonyl (C=O) groups excluding carboxylic acids is 3. The van der Waals surface area contributed by atoms with E-state index in [0.29, 0.717) is 43.5 Å². The number of ether oxygens (including phenoxy) is 8. The number of amides is 2. The Morgan fingerprint density at radius 1 is 0.767 bits per heavy atom. The standard InChI is InChI=1S/C53H70F2N2O16/c1-25-15-18-53(67-23-25)26(2)40-36(73-53)20-31-29-14-13-27-19-28(16-17-51(27,3)30(29)21-39(59)52(31,40)4)68-47-43(62)41(60)45(37(22-58)69-47)71-48-44(63)42(61)46(72-50(65)57-35-12-8-6-10-33(35)55)38(70-48)24-66-49(64)56-34-11-7-5-9-32(34)54/h5-12,25-31,36-38,40-48,58,60-63H,13-24H2,1-4H3,(H,56,64)(H,57,65)/t25-,26+,27+,28+,29-,30+,31+,36+,37+,38+,40+,41-,42-,43+,44?,45-,46-,47-,48+,51+,52-,53-/m1/s1. The van der Waals surface area contributed by atoms with E-state index in [-0.39, 0.29) is 58.6 Å². The number of carbonyl (C=O) groups is 3. The molecular formula is C53H70F2N2O16. The van der Waals surface area contributed by atoms with E-state index in [1.54, 1.807) is 0 Å². The Bertz CT molecular complexity index is 2340. The summed E-state index contributed by atoms with van der Waals surface area (Å²) in [4.78, 5) is 40.4. The van der Waals surface area contributed by atoms with Gasteiger partial charge in [-0.05, 0) is 104 Å². The highest BCUT2D eigenvalue weighted by Crippen LogP contribution is 2.70. The zero-order chi connectivity index (χ0) is 51.7. The van der Waals surface area contributed by atoms with E-state index in [1.165, 1.54) is 36.4 Å².